The number of ether oxygens (including phenoxy) is 1. The van der Waals surface area contributed by atoms with Crippen LogP contribution < -0.4 is 9.46 Å². The number of sulfonamides is 1. The highest BCUT2D eigenvalue weighted by Gasteiger charge is 2.13. The van der Waals surface area contributed by atoms with Gasteiger partial charge in [-0.2, -0.15) is 0 Å². The molecule has 0 aliphatic rings. The third kappa shape index (κ3) is 5.37. The minimum atomic E-state index is -3.47. The molecule has 0 saturated carbocycles. The van der Waals surface area contributed by atoms with Crippen LogP contribution in [-0.4, -0.2) is 19.9 Å². The van der Waals surface area contributed by atoms with Crippen molar-refractivity contribution in [2.45, 2.75) is 38.7 Å². The maximum Gasteiger partial charge on any atom is 0.240 e. The van der Waals surface area contributed by atoms with Gasteiger partial charge in [-0.15, -0.1) is 0 Å². The molecule has 0 saturated heterocycles. The fourth-order valence-electron chi connectivity index (χ4n) is 1.91. The third-order valence-corrected chi connectivity index (χ3v) is 4.67. The first-order valence-corrected chi connectivity index (χ1v) is 8.99. The molecule has 0 unspecified atom stereocenters. The fourth-order valence-corrected chi connectivity index (χ4v) is 2.95. The van der Waals surface area contributed by atoms with Gasteiger partial charge in [0.05, 0.1) is 11.1 Å². The lowest BCUT2D eigenvalue weighted by molar-refractivity contribution is 0.267. The monoisotopic (exact) mass is 338 g/mol. The van der Waals surface area contributed by atoms with E-state index in [2.05, 4.69) is 23.6 Å². The SMILES string of the molecule is Cc1ncc(COc2ccc(S(=O)(=O)NCCC(C)C)cc2)o1. The molecule has 0 aliphatic heterocycles. The minimum absolute atomic E-state index is 0.226. The number of aromatic nitrogens is 1. The van der Waals surface area contributed by atoms with Crippen molar-refractivity contribution in [3.8, 4) is 5.75 Å². The van der Waals surface area contributed by atoms with Crippen LogP contribution in [0.3, 0.4) is 0 Å². The van der Waals surface area contributed by atoms with Crippen molar-refractivity contribution in [2.75, 3.05) is 6.54 Å². The Morgan fingerprint density at radius 1 is 1.26 bits per heavy atom. The van der Waals surface area contributed by atoms with Crippen molar-refractivity contribution in [3.63, 3.8) is 0 Å². The molecule has 1 N–H and O–H groups in total. The first-order valence-electron chi connectivity index (χ1n) is 7.50. The summed E-state index contributed by atoms with van der Waals surface area (Å²) in [6.45, 7) is 6.55. The first-order chi connectivity index (χ1) is 10.9. The van der Waals surface area contributed by atoms with E-state index in [9.17, 15) is 8.42 Å². The normalized spacial score (nSPS) is 11.8. The van der Waals surface area contributed by atoms with Gasteiger partial charge >= 0.3 is 0 Å². The number of nitrogens with zero attached hydrogens (tertiary/aromatic N) is 1. The van der Waals surface area contributed by atoms with Crippen LogP contribution in [0.25, 0.3) is 0 Å². The Labute approximate surface area is 136 Å². The van der Waals surface area contributed by atoms with Crippen LogP contribution in [0.4, 0.5) is 0 Å². The van der Waals surface area contributed by atoms with Gasteiger partial charge in [0.25, 0.3) is 0 Å². The molecule has 6 nitrogen and oxygen atoms in total. The van der Waals surface area contributed by atoms with Crippen molar-refractivity contribution >= 4 is 10.0 Å². The number of nitrogens with one attached hydrogen (secondary N) is 1. The Bertz CT molecular complexity index is 721. The molecule has 23 heavy (non-hydrogen) atoms. The molecule has 126 valence electrons. The smallest absolute Gasteiger partial charge is 0.240 e. The zero-order valence-corrected chi connectivity index (χ0v) is 14.4. The highest BCUT2D eigenvalue weighted by Crippen LogP contribution is 2.17. The number of benzene rings is 1. The average molecular weight is 338 g/mol. The van der Waals surface area contributed by atoms with E-state index in [0.29, 0.717) is 29.9 Å². The van der Waals surface area contributed by atoms with Crippen LogP contribution in [0.1, 0.15) is 31.9 Å². The number of hydrogen-bond donors (Lipinski definition) is 1. The van der Waals surface area contributed by atoms with Crippen LogP contribution in [0.5, 0.6) is 5.75 Å². The molecule has 0 fully saturated rings. The second-order valence-electron chi connectivity index (χ2n) is 5.69. The Balaban J connectivity index is 1.93. The van der Waals surface area contributed by atoms with Crippen molar-refractivity contribution in [3.05, 3.63) is 42.1 Å². The second-order valence-corrected chi connectivity index (χ2v) is 7.45. The van der Waals surface area contributed by atoms with E-state index >= 15 is 0 Å². The van der Waals surface area contributed by atoms with Crippen LogP contribution in [0, 0.1) is 12.8 Å². The Hall–Kier alpha value is -1.86. The van der Waals surface area contributed by atoms with E-state index < -0.39 is 10.0 Å². The molecule has 0 spiro atoms. The molecule has 1 heterocycles. The predicted molar refractivity (Wildman–Crippen MR) is 86.7 cm³/mol. The highest BCUT2D eigenvalue weighted by molar-refractivity contribution is 7.89. The zero-order chi connectivity index (χ0) is 16.9. The van der Waals surface area contributed by atoms with E-state index in [1.807, 2.05) is 0 Å². The molecule has 0 amide bonds. The van der Waals surface area contributed by atoms with Crippen LogP contribution >= 0.6 is 0 Å². The summed E-state index contributed by atoms with van der Waals surface area (Å²) in [4.78, 5) is 4.21. The van der Waals surface area contributed by atoms with Gasteiger partial charge in [-0.1, -0.05) is 13.8 Å². The van der Waals surface area contributed by atoms with Gasteiger partial charge in [-0.3, -0.25) is 0 Å². The number of hydrogen-bond acceptors (Lipinski definition) is 5. The number of oxazole rings is 1. The van der Waals surface area contributed by atoms with Gasteiger partial charge in [0.15, 0.2) is 11.7 Å². The summed E-state index contributed by atoms with van der Waals surface area (Å²) in [5.41, 5.74) is 0. The Kier molecular flexibility index (Phi) is 5.79. The summed E-state index contributed by atoms with van der Waals surface area (Å²) in [5.74, 6) is 2.22. The number of aryl methyl sites for hydroxylation is 1. The van der Waals surface area contributed by atoms with Crippen molar-refractivity contribution in [2.24, 2.45) is 5.92 Å². The van der Waals surface area contributed by atoms with Crippen LogP contribution in [-0.2, 0) is 16.6 Å². The lowest BCUT2D eigenvalue weighted by Gasteiger charge is -2.09. The molecule has 1 aromatic carbocycles. The summed E-state index contributed by atoms with van der Waals surface area (Å²) >= 11 is 0. The van der Waals surface area contributed by atoms with Crippen LogP contribution in [0.15, 0.2) is 39.8 Å². The van der Waals surface area contributed by atoms with Gasteiger partial charge in [0.1, 0.15) is 12.4 Å². The Morgan fingerprint density at radius 2 is 1.96 bits per heavy atom. The van der Waals surface area contributed by atoms with Gasteiger partial charge < -0.3 is 9.15 Å². The topological polar surface area (TPSA) is 81.4 Å². The van der Waals surface area contributed by atoms with E-state index in [1.54, 1.807) is 25.3 Å². The van der Waals surface area contributed by atoms with E-state index in [-0.39, 0.29) is 11.5 Å². The van der Waals surface area contributed by atoms with Crippen LogP contribution in [0.2, 0.25) is 0 Å². The molecule has 2 rings (SSSR count). The quantitative estimate of drug-likeness (QED) is 0.800. The van der Waals surface area contributed by atoms with E-state index in [4.69, 9.17) is 9.15 Å². The van der Waals surface area contributed by atoms with E-state index in [0.717, 1.165) is 6.42 Å². The summed E-state index contributed by atoms with van der Waals surface area (Å²) in [6.07, 6.45) is 2.41. The van der Waals surface area contributed by atoms with Gasteiger partial charge in [-0.05, 0) is 36.6 Å². The molecule has 7 heteroatoms. The average Bonchev–Trinajstić information content (AvgIpc) is 2.90. The Morgan fingerprint density at radius 3 is 2.52 bits per heavy atom. The predicted octanol–water partition coefficient (Wildman–Crippen LogP) is 2.89. The largest absolute Gasteiger partial charge is 0.486 e. The van der Waals surface area contributed by atoms with Crippen molar-refractivity contribution < 1.29 is 17.6 Å². The summed E-state index contributed by atoms with van der Waals surface area (Å²) in [5, 5.41) is 0. The molecule has 0 bridgehead atoms. The molecule has 0 radical (unpaired) electrons. The maximum absolute atomic E-state index is 12.1. The lowest BCUT2D eigenvalue weighted by atomic mass is 10.1. The second kappa shape index (κ2) is 7.61. The lowest BCUT2D eigenvalue weighted by Crippen LogP contribution is -2.25. The maximum atomic E-state index is 12.1. The van der Waals surface area contributed by atoms with Gasteiger partial charge in [0.2, 0.25) is 10.0 Å². The van der Waals surface area contributed by atoms with Crippen molar-refractivity contribution in [1.29, 1.82) is 0 Å². The molecular weight excluding hydrogens is 316 g/mol. The molecule has 0 aliphatic carbocycles. The summed E-state index contributed by atoms with van der Waals surface area (Å²) in [6, 6.07) is 6.30. The molecule has 0 atom stereocenters. The molecular formula is C16H22N2O4S. The molecule has 1 aromatic heterocycles. The van der Waals surface area contributed by atoms with E-state index in [1.165, 1.54) is 12.1 Å². The van der Waals surface area contributed by atoms with Gasteiger partial charge in [0, 0.05) is 13.5 Å². The third-order valence-electron chi connectivity index (χ3n) is 3.20. The zero-order valence-electron chi connectivity index (χ0n) is 13.6. The fraction of sp³-hybridized carbons (Fsp3) is 0.438. The standard InChI is InChI=1S/C16H22N2O4S/c1-12(2)8-9-18-23(19,20)16-6-4-14(5-7-16)21-11-15-10-17-13(3)22-15/h4-7,10,12,18H,8-9,11H2,1-3H3. The van der Waals surface area contributed by atoms with Crippen molar-refractivity contribution in [1.82, 2.24) is 9.71 Å². The van der Waals surface area contributed by atoms with Gasteiger partial charge in [-0.25, -0.2) is 18.1 Å². The minimum Gasteiger partial charge on any atom is -0.486 e. The molecule has 2 aromatic rings. The number of rotatable bonds is 8. The summed E-state index contributed by atoms with van der Waals surface area (Å²) in [7, 11) is -3.47. The summed E-state index contributed by atoms with van der Waals surface area (Å²) < 4.78 is 37.7. The highest BCUT2D eigenvalue weighted by atomic mass is 32.2. The first kappa shape index (κ1) is 17.5.